The Morgan fingerprint density at radius 2 is 1.78 bits per heavy atom. The van der Waals surface area contributed by atoms with Gasteiger partial charge in [-0.05, 0) is 23.6 Å². The molecular weight excluding hydrogens is 310 g/mol. The Bertz CT molecular complexity index is 934. The fourth-order valence-electron chi connectivity index (χ4n) is 2.10. The number of nitrogens with one attached hydrogen (secondary N) is 1. The molecule has 0 saturated carbocycles. The van der Waals surface area contributed by atoms with Crippen molar-refractivity contribution >= 4 is 17.2 Å². The minimum atomic E-state index is 0.00670. The highest BCUT2D eigenvalue weighted by atomic mass is 32.1. The zero-order valence-electron chi connectivity index (χ0n) is 11.8. The van der Waals surface area contributed by atoms with Crippen molar-refractivity contribution < 1.29 is 4.42 Å². The first-order valence-corrected chi connectivity index (χ1v) is 7.76. The van der Waals surface area contributed by atoms with Crippen LogP contribution in [0.25, 0.3) is 34.3 Å². The van der Waals surface area contributed by atoms with Gasteiger partial charge in [-0.2, -0.15) is 11.3 Å². The summed E-state index contributed by atoms with van der Waals surface area (Å²) in [7, 11) is 0. The lowest BCUT2D eigenvalue weighted by molar-refractivity contribution is 0.582. The zero-order chi connectivity index (χ0) is 15.6. The molecule has 7 heteroatoms. The average molecular weight is 320 g/mol. The molecule has 0 spiro atoms. The van der Waals surface area contributed by atoms with Crippen molar-refractivity contribution in [2.75, 3.05) is 0 Å². The van der Waals surface area contributed by atoms with Crippen molar-refractivity contribution in [3.8, 4) is 34.3 Å². The maximum Gasteiger partial charge on any atom is 0.270 e. The summed E-state index contributed by atoms with van der Waals surface area (Å²) >= 11 is 1.58. The summed E-state index contributed by atoms with van der Waals surface area (Å²) in [5, 5.41) is 12.0. The van der Waals surface area contributed by atoms with E-state index in [1.54, 1.807) is 17.5 Å². The third-order valence-electron chi connectivity index (χ3n) is 3.24. The third kappa shape index (κ3) is 2.58. The SMILES string of the molecule is [NH]c1ncc(-c2ccsc2)nc1-c1nnc(-c2ccccc2)o1. The third-order valence-corrected chi connectivity index (χ3v) is 3.92. The molecule has 1 N–H and O–H groups in total. The van der Waals surface area contributed by atoms with E-state index in [4.69, 9.17) is 10.2 Å². The van der Waals surface area contributed by atoms with Gasteiger partial charge in [0, 0.05) is 16.5 Å². The summed E-state index contributed by atoms with van der Waals surface area (Å²) in [6.45, 7) is 0. The van der Waals surface area contributed by atoms with E-state index in [9.17, 15) is 0 Å². The molecule has 23 heavy (non-hydrogen) atoms. The maximum absolute atomic E-state index is 7.95. The molecule has 111 valence electrons. The van der Waals surface area contributed by atoms with Gasteiger partial charge >= 0.3 is 0 Å². The van der Waals surface area contributed by atoms with Crippen molar-refractivity contribution in [3.63, 3.8) is 0 Å². The van der Waals surface area contributed by atoms with Gasteiger partial charge in [0.2, 0.25) is 5.89 Å². The van der Waals surface area contributed by atoms with Crippen LogP contribution in [0.3, 0.4) is 0 Å². The number of aromatic nitrogens is 4. The van der Waals surface area contributed by atoms with E-state index in [1.165, 1.54) is 0 Å². The van der Waals surface area contributed by atoms with Gasteiger partial charge in [-0.15, -0.1) is 10.2 Å². The largest absolute Gasteiger partial charge is 0.414 e. The van der Waals surface area contributed by atoms with Gasteiger partial charge < -0.3 is 4.42 Å². The van der Waals surface area contributed by atoms with Gasteiger partial charge in [-0.1, -0.05) is 18.2 Å². The second-order valence-corrected chi connectivity index (χ2v) is 5.52. The number of nitrogens with zero attached hydrogens (tertiary/aromatic N) is 4. The smallest absolute Gasteiger partial charge is 0.270 e. The molecule has 0 aliphatic heterocycles. The highest BCUT2D eigenvalue weighted by molar-refractivity contribution is 7.08. The molecule has 0 aliphatic rings. The fraction of sp³-hybridized carbons (Fsp3) is 0. The van der Waals surface area contributed by atoms with Gasteiger partial charge in [0.05, 0.1) is 11.9 Å². The van der Waals surface area contributed by atoms with E-state index in [0.29, 0.717) is 11.6 Å². The summed E-state index contributed by atoms with van der Waals surface area (Å²) in [6, 6.07) is 11.4. The van der Waals surface area contributed by atoms with Crippen LogP contribution in [0.4, 0.5) is 5.82 Å². The number of thiophene rings is 1. The van der Waals surface area contributed by atoms with E-state index < -0.39 is 0 Å². The van der Waals surface area contributed by atoms with Crippen LogP contribution in [0.2, 0.25) is 0 Å². The molecule has 1 aromatic carbocycles. The second-order valence-electron chi connectivity index (χ2n) is 4.74. The van der Waals surface area contributed by atoms with Gasteiger partial charge in [0.25, 0.3) is 5.89 Å². The molecule has 3 heterocycles. The first kappa shape index (κ1) is 13.6. The standard InChI is InChI=1S/C16H10N5OS/c17-14-13(19-12(8-18-14)11-6-7-23-9-11)16-21-20-15(22-16)10-4-2-1-3-5-10/h1-9,17H. The molecule has 0 fully saturated rings. The number of rotatable bonds is 3. The van der Waals surface area contributed by atoms with Crippen LogP contribution < -0.4 is 5.73 Å². The first-order chi connectivity index (χ1) is 11.3. The lowest BCUT2D eigenvalue weighted by Gasteiger charge is -2.01. The van der Waals surface area contributed by atoms with Crippen LogP contribution >= 0.6 is 11.3 Å². The van der Waals surface area contributed by atoms with E-state index in [2.05, 4.69) is 20.2 Å². The minimum absolute atomic E-state index is 0.00670. The molecule has 1 radical (unpaired) electrons. The highest BCUT2D eigenvalue weighted by Crippen LogP contribution is 2.28. The van der Waals surface area contributed by atoms with Crippen molar-refractivity contribution in [2.24, 2.45) is 0 Å². The van der Waals surface area contributed by atoms with Crippen molar-refractivity contribution in [3.05, 3.63) is 53.4 Å². The lowest BCUT2D eigenvalue weighted by Crippen LogP contribution is -1.93. The van der Waals surface area contributed by atoms with Crippen LogP contribution in [-0.4, -0.2) is 20.2 Å². The summed E-state index contributed by atoms with van der Waals surface area (Å²) in [6.07, 6.45) is 1.57. The zero-order valence-corrected chi connectivity index (χ0v) is 12.6. The summed E-state index contributed by atoms with van der Waals surface area (Å²) < 4.78 is 5.67. The predicted molar refractivity (Wildman–Crippen MR) is 86.8 cm³/mol. The van der Waals surface area contributed by atoms with Crippen LogP contribution in [0, 0.1) is 0 Å². The summed E-state index contributed by atoms with van der Waals surface area (Å²) in [5.41, 5.74) is 10.7. The normalized spacial score (nSPS) is 10.8. The van der Waals surface area contributed by atoms with Crippen LogP contribution in [0.1, 0.15) is 0 Å². The summed E-state index contributed by atoms with van der Waals surface area (Å²) in [4.78, 5) is 8.53. The topological polar surface area (TPSA) is 88.5 Å². The molecule has 0 aliphatic carbocycles. The quantitative estimate of drug-likeness (QED) is 0.572. The molecule has 6 nitrogen and oxygen atoms in total. The second kappa shape index (κ2) is 5.62. The molecule has 0 unspecified atom stereocenters. The van der Waals surface area contributed by atoms with Gasteiger partial charge in [0.1, 0.15) is 0 Å². The van der Waals surface area contributed by atoms with Crippen molar-refractivity contribution in [1.29, 1.82) is 0 Å². The van der Waals surface area contributed by atoms with E-state index in [-0.39, 0.29) is 17.4 Å². The number of benzene rings is 1. The van der Waals surface area contributed by atoms with Gasteiger partial charge in [-0.3, -0.25) is 5.73 Å². The Labute approximate surface area is 135 Å². The molecular formula is C16H10N5OS. The molecule has 4 rings (SSSR count). The van der Waals surface area contributed by atoms with Crippen LogP contribution in [-0.2, 0) is 0 Å². The van der Waals surface area contributed by atoms with Crippen LogP contribution in [0.15, 0.2) is 57.8 Å². The van der Waals surface area contributed by atoms with E-state index in [0.717, 1.165) is 11.1 Å². The summed E-state index contributed by atoms with van der Waals surface area (Å²) in [5.74, 6) is 0.591. The Morgan fingerprint density at radius 1 is 0.957 bits per heavy atom. The Hall–Kier alpha value is -3.06. The van der Waals surface area contributed by atoms with E-state index >= 15 is 0 Å². The lowest BCUT2D eigenvalue weighted by atomic mass is 10.2. The van der Waals surface area contributed by atoms with Gasteiger partial charge in [-0.25, -0.2) is 9.97 Å². The Balaban J connectivity index is 1.76. The number of hydrogen-bond acceptors (Lipinski definition) is 6. The van der Waals surface area contributed by atoms with Crippen LogP contribution in [0.5, 0.6) is 0 Å². The molecule has 0 amide bonds. The predicted octanol–water partition coefficient (Wildman–Crippen LogP) is 3.84. The van der Waals surface area contributed by atoms with Crippen molar-refractivity contribution in [1.82, 2.24) is 25.9 Å². The number of hydrogen-bond donors (Lipinski definition) is 0. The highest BCUT2D eigenvalue weighted by Gasteiger charge is 2.17. The monoisotopic (exact) mass is 320 g/mol. The fourth-order valence-corrected chi connectivity index (χ4v) is 2.75. The average Bonchev–Trinajstić information content (AvgIpc) is 3.28. The van der Waals surface area contributed by atoms with Crippen molar-refractivity contribution in [2.45, 2.75) is 0 Å². The first-order valence-electron chi connectivity index (χ1n) is 6.82. The Morgan fingerprint density at radius 3 is 2.57 bits per heavy atom. The van der Waals surface area contributed by atoms with E-state index in [1.807, 2.05) is 47.2 Å². The molecule has 0 bridgehead atoms. The minimum Gasteiger partial charge on any atom is -0.414 e. The van der Waals surface area contributed by atoms with Gasteiger partial charge in [0.15, 0.2) is 11.5 Å². The molecule has 4 aromatic rings. The molecule has 0 atom stereocenters. The maximum atomic E-state index is 7.95. The molecule has 3 aromatic heterocycles. The molecule has 0 saturated heterocycles. The Kier molecular flexibility index (Phi) is 3.32.